The SMILES string of the molecule is Cc1cncc(N)c1C(=O)O.Cl. The van der Waals surface area contributed by atoms with Crippen LogP contribution < -0.4 is 5.73 Å². The van der Waals surface area contributed by atoms with Crippen LogP contribution in [0.1, 0.15) is 15.9 Å². The number of aromatic carboxylic acids is 1. The molecule has 0 unspecified atom stereocenters. The van der Waals surface area contributed by atoms with Crippen LogP contribution in [0.5, 0.6) is 0 Å². The highest BCUT2D eigenvalue weighted by Crippen LogP contribution is 2.13. The third kappa shape index (κ3) is 1.85. The van der Waals surface area contributed by atoms with Crippen molar-refractivity contribution in [1.82, 2.24) is 4.98 Å². The summed E-state index contributed by atoms with van der Waals surface area (Å²) in [6.45, 7) is 1.66. The molecule has 12 heavy (non-hydrogen) atoms. The van der Waals surface area contributed by atoms with E-state index in [9.17, 15) is 4.79 Å². The summed E-state index contributed by atoms with van der Waals surface area (Å²) in [5, 5.41) is 8.64. The van der Waals surface area contributed by atoms with Gasteiger partial charge in [-0.3, -0.25) is 4.98 Å². The Morgan fingerprint density at radius 1 is 1.58 bits per heavy atom. The lowest BCUT2D eigenvalue weighted by atomic mass is 10.1. The van der Waals surface area contributed by atoms with Gasteiger partial charge in [-0.15, -0.1) is 12.4 Å². The molecule has 1 aromatic heterocycles. The lowest BCUT2D eigenvalue weighted by molar-refractivity contribution is 0.0697. The summed E-state index contributed by atoms with van der Waals surface area (Å²) < 4.78 is 0. The molecule has 0 saturated carbocycles. The second-order valence-electron chi connectivity index (χ2n) is 2.23. The number of hydrogen-bond acceptors (Lipinski definition) is 3. The van der Waals surface area contributed by atoms with Crippen LogP contribution in [0.4, 0.5) is 5.69 Å². The van der Waals surface area contributed by atoms with Gasteiger partial charge in [-0.1, -0.05) is 0 Å². The van der Waals surface area contributed by atoms with Crippen molar-refractivity contribution in [2.45, 2.75) is 6.92 Å². The van der Waals surface area contributed by atoms with Crippen molar-refractivity contribution in [3.63, 3.8) is 0 Å². The van der Waals surface area contributed by atoms with Gasteiger partial charge in [0.25, 0.3) is 0 Å². The van der Waals surface area contributed by atoms with E-state index >= 15 is 0 Å². The molecule has 1 rings (SSSR count). The minimum atomic E-state index is -1.01. The Morgan fingerprint density at radius 3 is 2.50 bits per heavy atom. The molecular formula is C7H9ClN2O2. The standard InChI is InChI=1S/C7H8N2O2.ClH/c1-4-2-9-3-5(8)6(4)7(10)11;/h2-3H,8H2,1H3,(H,10,11);1H. The first-order chi connectivity index (χ1) is 5.13. The van der Waals surface area contributed by atoms with Crippen LogP contribution in [0.25, 0.3) is 0 Å². The van der Waals surface area contributed by atoms with Crippen molar-refractivity contribution in [2.75, 3.05) is 5.73 Å². The van der Waals surface area contributed by atoms with Crippen LogP contribution in [0, 0.1) is 6.92 Å². The van der Waals surface area contributed by atoms with Crippen molar-refractivity contribution in [3.05, 3.63) is 23.5 Å². The Kier molecular flexibility index (Phi) is 3.50. The van der Waals surface area contributed by atoms with E-state index in [-0.39, 0.29) is 23.7 Å². The molecule has 3 N–H and O–H groups in total. The van der Waals surface area contributed by atoms with E-state index in [1.807, 2.05) is 0 Å². The van der Waals surface area contributed by atoms with Gasteiger partial charge in [0, 0.05) is 6.20 Å². The molecule has 0 aliphatic heterocycles. The van der Waals surface area contributed by atoms with Gasteiger partial charge in [0.15, 0.2) is 0 Å². The van der Waals surface area contributed by atoms with Gasteiger partial charge in [-0.25, -0.2) is 4.79 Å². The maximum absolute atomic E-state index is 10.5. The minimum absolute atomic E-state index is 0. The summed E-state index contributed by atoms with van der Waals surface area (Å²) in [4.78, 5) is 14.3. The fraction of sp³-hybridized carbons (Fsp3) is 0.143. The number of halogens is 1. The van der Waals surface area contributed by atoms with Crippen LogP contribution in [0.2, 0.25) is 0 Å². The van der Waals surface area contributed by atoms with E-state index in [2.05, 4.69) is 4.98 Å². The summed E-state index contributed by atoms with van der Waals surface area (Å²) in [5.74, 6) is -1.01. The van der Waals surface area contributed by atoms with Gasteiger partial charge in [0.1, 0.15) is 0 Å². The quantitative estimate of drug-likeness (QED) is 0.692. The molecule has 1 aromatic rings. The Labute approximate surface area is 75.8 Å². The molecule has 66 valence electrons. The van der Waals surface area contributed by atoms with Crippen molar-refractivity contribution in [1.29, 1.82) is 0 Å². The molecule has 0 spiro atoms. The maximum atomic E-state index is 10.5. The molecule has 0 atom stereocenters. The fourth-order valence-corrected chi connectivity index (χ4v) is 0.878. The van der Waals surface area contributed by atoms with E-state index in [0.29, 0.717) is 5.56 Å². The smallest absolute Gasteiger partial charge is 0.338 e. The predicted molar refractivity (Wildman–Crippen MR) is 47.6 cm³/mol. The average molecular weight is 189 g/mol. The summed E-state index contributed by atoms with van der Waals surface area (Å²) in [6, 6.07) is 0. The Morgan fingerprint density at radius 2 is 2.17 bits per heavy atom. The predicted octanol–water partition coefficient (Wildman–Crippen LogP) is 1.09. The highest BCUT2D eigenvalue weighted by atomic mass is 35.5. The zero-order valence-electron chi connectivity index (χ0n) is 6.44. The van der Waals surface area contributed by atoms with E-state index in [4.69, 9.17) is 10.8 Å². The first-order valence-corrected chi connectivity index (χ1v) is 3.06. The lowest BCUT2D eigenvalue weighted by Gasteiger charge is -2.01. The molecule has 0 radical (unpaired) electrons. The molecule has 0 aromatic carbocycles. The van der Waals surface area contributed by atoms with Crippen LogP contribution in [0.15, 0.2) is 12.4 Å². The minimum Gasteiger partial charge on any atom is -0.478 e. The Hall–Kier alpha value is -1.29. The number of pyridine rings is 1. The highest BCUT2D eigenvalue weighted by Gasteiger charge is 2.10. The third-order valence-corrected chi connectivity index (χ3v) is 1.38. The maximum Gasteiger partial charge on any atom is 0.338 e. The van der Waals surface area contributed by atoms with E-state index in [1.54, 1.807) is 6.92 Å². The number of carboxylic acid groups (broad SMARTS) is 1. The van der Waals surface area contributed by atoms with Gasteiger partial charge in [0.2, 0.25) is 0 Å². The zero-order valence-corrected chi connectivity index (χ0v) is 7.26. The number of nitrogens with zero attached hydrogens (tertiary/aromatic N) is 1. The van der Waals surface area contributed by atoms with Crippen LogP contribution in [0.3, 0.4) is 0 Å². The fourth-order valence-electron chi connectivity index (χ4n) is 0.878. The number of rotatable bonds is 1. The number of nitrogen functional groups attached to an aromatic ring is 1. The zero-order chi connectivity index (χ0) is 8.43. The van der Waals surface area contributed by atoms with Crippen LogP contribution in [-0.4, -0.2) is 16.1 Å². The molecule has 0 fully saturated rings. The van der Waals surface area contributed by atoms with Gasteiger partial charge in [-0.05, 0) is 12.5 Å². The molecule has 0 bridgehead atoms. The molecule has 4 nitrogen and oxygen atoms in total. The largest absolute Gasteiger partial charge is 0.478 e. The second-order valence-corrected chi connectivity index (χ2v) is 2.23. The normalized spacial score (nSPS) is 8.75. The third-order valence-electron chi connectivity index (χ3n) is 1.38. The summed E-state index contributed by atoms with van der Waals surface area (Å²) in [5.41, 5.74) is 6.30. The van der Waals surface area contributed by atoms with Gasteiger partial charge in [0.05, 0.1) is 17.4 Å². The number of carbonyl (C=O) groups is 1. The van der Waals surface area contributed by atoms with Gasteiger partial charge >= 0.3 is 5.97 Å². The molecule has 0 saturated heterocycles. The summed E-state index contributed by atoms with van der Waals surface area (Å²) in [6.07, 6.45) is 2.80. The molecule has 0 aliphatic rings. The molecule has 0 amide bonds. The number of nitrogens with two attached hydrogens (primary N) is 1. The van der Waals surface area contributed by atoms with E-state index in [0.717, 1.165) is 0 Å². The number of aryl methyl sites for hydroxylation is 1. The van der Waals surface area contributed by atoms with Crippen molar-refractivity contribution in [2.24, 2.45) is 0 Å². The van der Waals surface area contributed by atoms with Crippen molar-refractivity contribution < 1.29 is 9.90 Å². The molecule has 0 aliphatic carbocycles. The molecule has 1 heterocycles. The van der Waals surface area contributed by atoms with Gasteiger partial charge < -0.3 is 10.8 Å². The van der Waals surface area contributed by atoms with Crippen LogP contribution in [-0.2, 0) is 0 Å². The number of hydrogen-bond donors (Lipinski definition) is 2. The van der Waals surface area contributed by atoms with E-state index < -0.39 is 5.97 Å². The summed E-state index contributed by atoms with van der Waals surface area (Å²) >= 11 is 0. The number of carboxylic acids is 1. The Bertz CT molecular complexity index is 281. The lowest BCUT2D eigenvalue weighted by Crippen LogP contribution is -2.05. The number of aromatic nitrogens is 1. The molecule has 5 heteroatoms. The molecular weight excluding hydrogens is 180 g/mol. The topological polar surface area (TPSA) is 76.2 Å². The Balaban J connectivity index is 0.00000121. The first-order valence-electron chi connectivity index (χ1n) is 3.06. The van der Waals surface area contributed by atoms with Crippen molar-refractivity contribution >= 4 is 24.1 Å². The second kappa shape index (κ2) is 3.92. The first kappa shape index (κ1) is 10.7. The van der Waals surface area contributed by atoms with Gasteiger partial charge in [-0.2, -0.15) is 0 Å². The average Bonchev–Trinajstić information content (AvgIpc) is 1.85. The summed E-state index contributed by atoms with van der Waals surface area (Å²) in [7, 11) is 0. The van der Waals surface area contributed by atoms with E-state index in [1.165, 1.54) is 12.4 Å². The monoisotopic (exact) mass is 188 g/mol. The highest BCUT2D eigenvalue weighted by molar-refractivity contribution is 5.94. The van der Waals surface area contributed by atoms with Crippen LogP contribution >= 0.6 is 12.4 Å². The van der Waals surface area contributed by atoms with Crippen molar-refractivity contribution in [3.8, 4) is 0 Å². The number of anilines is 1.